The van der Waals surface area contributed by atoms with Crippen LogP contribution in [0.25, 0.3) is 0 Å². The van der Waals surface area contributed by atoms with E-state index in [0.717, 1.165) is 22.4 Å². The van der Waals surface area contributed by atoms with Crippen LogP contribution in [0.2, 0.25) is 0 Å². The second-order valence-corrected chi connectivity index (χ2v) is 7.62. The van der Waals surface area contributed by atoms with E-state index >= 15 is 0 Å². The molecular formula is C19H27IN4O3S. The highest BCUT2D eigenvalue weighted by atomic mass is 127. The zero-order chi connectivity index (χ0) is 19.9. The van der Waals surface area contributed by atoms with E-state index in [1.165, 1.54) is 12.1 Å². The number of hydrogen-bond donors (Lipinski definition) is 3. The van der Waals surface area contributed by atoms with Crippen LogP contribution in [0.4, 0.5) is 0 Å². The predicted octanol–water partition coefficient (Wildman–Crippen LogP) is 2.52. The minimum Gasteiger partial charge on any atom is -0.496 e. The second-order valence-electron chi connectivity index (χ2n) is 6.06. The van der Waals surface area contributed by atoms with Gasteiger partial charge in [0.1, 0.15) is 5.75 Å². The zero-order valence-electron chi connectivity index (χ0n) is 16.2. The van der Waals surface area contributed by atoms with Gasteiger partial charge < -0.3 is 15.4 Å². The molecule has 0 aromatic heterocycles. The number of rotatable bonds is 7. The molecule has 0 radical (unpaired) electrons. The quantitative estimate of drug-likeness (QED) is 0.297. The Morgan fingerprint density at radius 1 is 1.18 bits per heavy atom. The van der Waals surface area contributed by atoms with Crippen LogP contribution in [0, 0.1) is 6.92 Å². The van der Waals surface area contributed by atoms with Gasteiger partial charge in [-0.25, -0.2) is 18.5 Å². The highest BCUT2D eigenvalue weighted by Crippen LogP contribution is 2.19. The summed E-state index contributed by atoms with van der Waals surface area (Å²) in [5.41, 5.74) is 2.91. The molecule has 0 aliphatic carbocycles. The highest BCUT2D eigenvalue weighted by Gasteiger charge is 2.08. The normalized spacial score (nSPS) is 11.5. The third kappa shape index (κ3) is 7.28. The Hall–Kier alpha value is -1.85. The second kappa shape index (κ2) is 11.2. The van der Waals surface area contributed by atoms with Gasteiger partial charge in [0.25, 0.3) is 0 Å². The van der Waals surface area contributed by atoms with Gasteiger partial charge in [-0.15, -0.1) is 24.0 Å². The molecule has 0 aliphatic rings. The number of aliphatic imine (C=N–C) groups is 1. The Morgan fingerprint density at radius 3 is 2.57 bits per heavy atom. The number of nitrogens with one attached hydrogen (secondary N) is 2. The van der Waals surface area contributed by atoms with E-state index in [2.05, 4.69) is 15.6 Å². The minimum atomic E-state index is -3.73. The van der Waals surface area contributed by atoms with Crippen molar-refractivity contribution in [3.63, 3.8) is 0 Å². The Kier molecular flexibility index (Phi) is 9.70. The summed E-state index contributed by atoms with van der Waals surface area (Å²) in [7, 11) is -2.08. The molecule has 28 heavy (non-hydrogen) atoms. The van der Waals surface area contributed by atoms with Crippen LogP contribution in [0.15, 0.2) is 52.4 Å². The number of methoxy groups -OCH3 is 1. The molecule has 0 spiro atoms. The first kappa shape index (κ1) is 24.2. The lowest BCUT2D eigenvalue weighted by Gasteiger charge is -2.14. The number of nitrogens with two attached hydrogens (primary N) is 1. The molecule has 2 aromatic rings. The molecule has 0 saturated carbocycles. The number of guanidine groups is 1. The molecule has 0 bridgehead atoms. The molecule has 0 fully saturated rings. The topological polar surface area (TPSA) is 106 Å². The van der Waals surface area contributed by atoms with Crippen molar-refractivity contribution in [1.82, 2.24) is 10.6 Å². The third-order valence-electron chi connectivity index (χ3n) is 3.88. The lowest BCUT2D eigenvalue weighted by Crippen LogP contribution is -2.36. The summed E-state index contributed by atoms with van der Waals surface area (Å²) in [6, 6.07) is 12.5. The van der Waals surface area contributed by atoms with E-state index < -0.39 is 10.0 Å². The van der Waals surface area contributed by atoms with Gasteiger partial charge >= 0.3 is 0 Å². The molecule has 0 aliphatic heterocycles. The molecule has 0 unspecified atom stereocenters. The molecule has 0 atom stereocenters. The summed E-state index contributed by atoms with van der Waals surface area (Å²) in [5.74, 6) is 1.44. The van der Waals surface area contributed by atoms with Crippen LogP contribution in [-0.4, -0.2) is 28.0 Å². The van der Waals surface area contributed by atoms with Crippen molar-refractivity contribution in [2.75, 3.05) is 13.7 Å². The molecule has 154 valence electrons. The largest absolute Gasteiger partial charge is 0.496 e. The summed E-state index contributed by atoms with van der Waals surface area (Å²) in [4.78, 5) is 4.59. The number of benzene rings is 2. The maximum absolute atomic E-state index is 11.5. The summed E-state index contributed by atoms with van der Waals surface area (Å²) in [6.07, 6.45) is 0. The number of ether oxygens (including phenoxy) is 1. The van der Waals surface area contributed by atoms with Gasteiger partial charge in [-0.3, -0.25) is 0 Å². The molecule has 4 N–H and O–H groups in total. The molecule has 2 rings (SSSR count). The lowest BCUT2D eigenvalue weighted by molar-refractivity contribution is 0.408. The summed E-state index contributed by atoms with van der Waals surface area (Å²) in [6.45, 7) is 5.57. The van der Waals surface area contributed by atoms with Crippen molar-refractivity contribution in [2.24, 2.45) is 10.1 Å². The van der Waals surface area contributed by atoms with Crippen molar-refractivity contribution in [3.05, 3.63) is 59.2 Å². The molecule has 7 nitrogen and oxygen atoms in total. The van der Waals surface area contributed by atoms with E-state index in [0.29, 0.717) is 25.6 Å². The van der Waals surface area contributed by atoms with Gasteiger partial charge in [-0.05, 0) is 43.2 Å². The fourth-order valence-corrected chi connectivity index (χ4v) is 3.09. The van der Waals surface area contributed by atoms with Gasteiger partial charge in [-0.1, -0.05) is 24.3 Å². The average molecular weight is 518 g/mol. The van der Waals surface area contributed by atoms with Crippen LogP contribution in [0.1, 0.15) is 23.6 Å². The van der Waals surface area contributed by atoms with Crippen LogP contribution in [0.3, 0.4) is 0 Å². The average Bonchev–Trinajstić information content (AvgIpc) is 2.64. The molecule has 0 heterocycles. The van der Waals surface area contributed by atoms with E-state index in [4.69, 9.17) is 9.88 Å². The van der Waals surface area contributed by atoms with Gasteiger partial charge in [0.05, 0.1) is 18.6 Å². The van der Waals surface area contributed by atoms with Crippen molar-refractivity contribution in [3.8, 4) is 5.75 Å². The Labute approximate surface area is 183 Å². The molecule has 0 amide bonds. The van der Waals surface area contributed by atoms with Crippen LogP contribution < -0.4 is 20.5 Å². The number of aryl methyl sites for hydroxylation is 1. The van der Waals surface area contributed by atoms with Crippen molar-refractivity contribution < 1.29 is 13.2 Å². The fraction of sp³-hybridized carbons (Fsp3) is 0.316. The number of nitrogens with zero attached hydrogens (tertiary/aromatic N) is 1. The number of hydrogen-bond acceptors (Lipinski definition) is 4. The lowest BCUT2D eigenvalue weighted by atomic mass is 10.1. The Balaban J connectivity index is 0.00000392. The molecule has 9 heteroatoms. The first-order valence-corrected chi connectivity index (χ1v) is 10.2. The molecule has 0 saturated heterocycles. The summed E-state index contributed by atoms with van der Waals surface area (Å²) in [5, 5.41) is 11.6. The van der Waals surface area contributed by atoms with Gasteiger partial charge in [-0.2, -0.15) is 0 Å². The monoisotopic (exact) mass is 518 g/mol. The van der Waals surface area contributed by atoms with Gasteiger partial charge in [0, 0.05) is 18.7 Å². The predicted molar refractivity (Wildman–Crippen MR) is 123 cm³/mol. The van der Waals surface area contributed by atoms with Gasteiger partial charge in [0.2, 0.25) is 10.0 Å². The number of halogens is 1. The molecule has 2 aromatic carbocycles. The smallest absolute Gasteiger partial charge is 0.238 e. The van der Waals surface area contributed by atoms with E-state index in [1.54, 1.807) is 13.2 Å². The maximum atomic E-state index is 11.5. The van der Waals surface area contributed by atoms with E-state index in [1.807, 2.05) is 38.1 Å². The summed E-state index contributed by atoms with van der Waals surface area (Å²) < 4.78 is 28.4. The first-order chi connectivity index (χ1) is 12.8. The number of primary sulfonamides is 1. The maximum Gasteiger partial charge on any atom is 0.238 e. The van der Waals surface area contributed by atoms with Crippen LogP contribution in [-0.2, 0) is 23.1 Å². The first-order valence-electron chi connectivity index (χ1n) is 8.61. The minimum absolute atomic E-state index is 0. The fourth-order valence-electron chi connectivity index (χ4n) is 2.51. The number of sulfonamides is 1. The Morgan fingerprint density at radius 2 is 1.93 bits per heavy atom. The highest BCUT2D eigenvalue weighted by molar-refractivity contribution is 14.0. The van der Waals surface area contributed by atoms with E-state index in [9.17, 15) is 8.42 Å². The SMILES string of the molecule is CCNC(=NCc1cccc(S(N)(=O)=O)c1)NCc1ccc(C)cc1OC.I. The van der Waals surface area contributed by atoms with E-state index in [-0.39, 0.29) is 28.9 Å². The zero-order valence-corrected chi connectivity index (χ0v) is 19.4. The Bertz CT molecular complexity index is 917. The standard InChI is InChI=1S/C19H26N4O3S.HI/c1-4-21-19(23-13-16-9-8-14(2)10-18(16)26-3)22-12-15-6-5-7-17(11-15)27(20,24)25;/h5-11H,4,12-13H2,1-3H3,(H2,20,24,25)(H2,21,22,23);1H. The third-order valence-corrected chi connectivity index (χ3v) is 4.79. The van der Waals surface area contributed by atoms with Crippen molar-refractivity contribution >= 4 is 40.0 Å². The van der Waals surface area contributed by atoms with Crippen LogP contribution >= 0.6 is 24.0 Å². The van der Waals surface area contributed by atoms with Crippen molar-refractivity contribution in [1.29, 1.82) is 0 Å². The van der Waals surface area contributed by atoms with Crippen LogP contribution in [0.5, 0.6) is 5.75 Å². The van der Waals surface area contributed by atoms with Gasteiger partial charge in [0.15, 0.2) is 5.96 Å². The van der Waals surface area contributed by atoms with Crippen molar-refractivity contribution in [2.45, 2.75) is 31.8 Å². The molecular weight excluding hydrogens is 491 g/mol. The summed E-state index contributed by atoms with van der Waals surface area (Å²) >= 11 is 0.